The van der Waals surface area contributed by atoms with E-state index in [-0.39, 0.29) is 5.56 Å². The molecule has 0 bridgehead atoms. The summed E-state index contributed by atoms with van der Waals surface area (Å²) >= 11 is 0. The molecule has 4 heteroatoms. The molecule has 0 atom stereocenters. The number of carboxylic acids is 1. The standard InChI is InChI=1S/C16H19NO3/c1-3-6-12-7-4-5-8-15(12)17-10-13-9-14(16(18)19)11(2)20-13/h4-5,7-9,17H,3,6,10H2,1-2H3,(H,18,19). The second-order valence-corrected chi connectivity index (χ2v) is 4.75. The summed E-state index contributed by atoms with van der Waals surface area (Å²) in [5.41, 5.74) is 2.56. The number of carbonyl (C=O) groups is 1. The number of para-hydroxylation sites is 1. The number of anilines is 1. The van der Waals surface area contributed by atoms with Crippen LogP contribution in [-0.2, 0) is 13.0 Å². The third-order valence-corrected chi connectivity index (χ3v) is 3.19. The zero-order valence-corrected chi connectivity index (χ0v) is 11.8. The van der Waals surface area contributed by atoms with Crippen LogP contribution in [0, 0.1) is 6.92 Å². The summed E-state index contributed by atoms with van der Waals surface area (Å²) in [6, 6.07) is 9.71. The van der Waals surface area contributed by atoms with Gasteiger partial charge < -0.3 is 14.8 Å². The first kappa shape index (κ1) is 14.2. The van der Waals surface area contributed by atoms with E-state index in [0.29, 0.717) is 18.1 Å². The van der Waals surface area contributed by atoms with Gasteiger partial charge in [-0.3, -0.25) is 0 Å². The predicted octanol–water partition coefficient (Wildman–Crippen LogP) is 3.85. The lowest BCUT2D eigenvalue weighted by Crippen LogP contribution is -2.01. The second-order valence-electron chi connectivity index (χ2n) is 4.75. The molecule has 0 unspecified atom stereocenters. The summed E-state index contributed by atoms with van der Waals surface area (Å²) in [6.07, 6.45) is 2.10. The molecule has 0 saturated heterocycles. The molecule has 0 amide bonds. The van der Waals surface area contributed by atoms with Crippen LogP contribution in [0.5, 0.6) is 0 Å². The highest BCUT2D eigenvalue weighted by Gasteiger charge is 2.13. The lowest BCUT2D eigenvalue weighted by molar-refractivity contribution is 0.0695. The van der Waals surface area contributed by atoms with Crippen molar-refractivity contribution in [1.29, 1.82) is 0 Å². The summed E-state index contributed by atoms with van der Waals surface area (Å²) in [6.45, 7) is 4.29. The Morgan fingerprint density at radius 3 is 2.75 bits per heavy atom. The lowest BCUT2D eigenvalue weighted by atomic mass is 10.1. The molecule has 20 heavy (non-hydrogen) atoms. The van der Waals surface area contributed by atoms with Gasteiger partial charge in [0.15, 0.2) is 0 Å². The lowest BCUT2D eigenvalue weighted by Gasteiger charge is -2.10. The van der Waals surface area contributed by atoms with Gasteiger partial charge in [-0.05, 0) is 31.0 Å². The zero-order valence-electron chi connectivity index (χ0n) is 11.8. The van der Waals surface area contributed by atoms with Gasteiger partial charge in [-0.1, -0.05) is 31.5 Å². The molecule has 0 fully saturated rings. The van der Waals surface area contributed by atoms with Crippen molar-refractivity contribution in [2.45, 2.75) is 33.2 Å². The summed E-state index contributed by atoms with van der Waals surface area (Å²) in [4.78, 5) is 11.0. The van der Waals surface area contributed by atoms with E-state index in [1.165, 1.54) is 5.56 Å². The Labute approximate surface area is 118 Å². The molecule has 0 aliphatic heterocycles. The largest absolute Gasteiger partial charge is 0.478 e. The predicted molar refractivity (Wildman–Crippen MR) is 78.2 cm³/mol. The number of benzene rings is 1. The number of rotatable bonds is 6. The van der Waals surface area contributed by atoms with Crippen LogP contribution in [0.3, 0.4) is 0 Å². The maximum absolute atomic E-state index is 11.0. The van der Waals surface area contributed by atoms with Crippen LogP contribution in [-0.4, -0.2) is 11.1 Å². The molecule has 106 valence electrons. The first-order valence-corrected chi connectivity index (χ1v) is 6.76. The Kier molecular flexibility index (Phi) is 4.45. The van der Waals surface area contributed by atoms with Crippen LogP contribution in [0.1, 0.15) is 40.8 Å². The average Bonchev–Trinajstić information content (AvgIpc) is 2.79. The Bertz CT molecular complexity index is 602. The maximum Gasteiger partial charge on any atom is 0.339 e. The number of furan rings is 1. The van der Waals surface area contributed by atoms with Crippen LogP contribution in [0.4, 0.5) is 5.69 Å². The van der Waals surface area contributed by atoms with Crippen molar-refractivity contribution in [3.63, 3.8) is 0 Å². The van der Waals surface area contributed by atoms with Crippen molar-refractivity contribution in [2.24, 2.45) is 0 Å². The van der Waals surface area contributed by atoms with Crippen molar-refractivity contribution >= 4 is 11.7 Å². The van der Waals surface area contributed by atoms with E-state index in [1.54, 1.807) is 13.0 Å². The Morgan fingerprint density at radius 2 is 2.10 bits per heavy atom. The third kappa shape index (κ3) is 3.20. The minimum atomic E-state index is -0.955. The van der Waals surface area contributed by atoms with Crippen LogP contribution in [0.25, 0.3) is 0 Å². The van der Waals surface area contributed by atoms with Gasteiger partial charge in [-0.2, -0.15) is 0 Å². The van der Waals surface area contributed by atoms with Crippen LogP contribution >= 0.6 is 0 Å². The number of hydrogen-bond donors (Lipinski definition) is 2. The fraction of sp³-hybridized carbons (Fsp3) is 0.312. The number of aryl methyl sites for hydroxylation is 2. The molecule has 0 radical (unpaired) electrons. The van der Waals surface area contributed by atoms with Gasteiger partial charge in [0.25, 0.3) is 0 Å². The van der Waals surface area contributed by atoms with Crippen molar-refractivity contribution in [2.75, 3.05) is 5.32 Å². The smallest absolute Gasteiger partial charge is 0.339 e. The molecule has 0 saturated carbocycles. The summed E-state index contributed by atoms with van der Waals surface area (Å²) in [7, 11) is 0. The number of aromatic carboxylic acids is 1. The maximum atomic E-state index is 11.0. The van der Waals surface area contributed by atoms with E-state index in [1.807, 2.05) is 18.2 Å². The quantitative estimate of drug-likeness (QED) is 0.839. The Morgan fingerprint density at radius 1 is 1.35 bits per heavy atom. The topological polar surface area (TPSA) is 62.5 Å². The highest BCUT2D eigenvalue weighted by Crippen LogP contribution is 2.20. The van der Waals surface area contributed by atoms with Crippen molar-refractivity contribution in [1.82, 2.24) is 0 Å². The molecule has 0 spiro atoms. The van der Waals surface area contributed by atoms with Crippen LogP contribution in [0.15, 0.2) is 34.7 Å². The summed E-state index contributed by atoms with van der Waals surface area (Å²) in [5, 5.41) is 12.3. The summed E-state index contributed by atoms with van der Waals surface area (Å²) in [5.74, 6) is 0.117. The van der Waals surface area contributed by atoms with Gasteiger partial charge in [0.2, 0.25) is 0 Å². The molecular weight excluding hydrogens is 254 g/mol. The van der Waals surface area contributed by atoms with E-state index < -0.39 is 5.97 Å². The van der Waals surface area contributed by atoms with Crippen molar-refractivity contribution in [3.05, 3.63) is 53.0 Å². The van der Waals surface area contributed by atoms with Gasteiger partial charge in [-0.25, -0.2) is 4.79 Å². The number of hydrogen-bond acceptors (Lipinski definition) is 3. The monoisotopic (exact) mass is 273 g/mol. The van der Waals surface area contributed by atoms with E-state index in [2.05, 4.69) is 18.3 Å². The highest BCUT2D eigenvalue weighted by atomic mass is 16.4. The minimum Gasteiger partial charge on any atom is -0.478 e. The van der Waals surface area contributed by atoms with Gasteiger partial charge in [0, 0.05) is 5.69 Å². The Hall–Kier alpha value is -2.23. The molecule has 0 aliphatic rings. The minimum absolute atomic E-state index is 0.226. The van der Waals surface area contributed by atoms with Crippen molar-refractivity contribution in [3.8, 4) is 0 Å². The third-order valence-electron chi connectivity index (χ3n) is 3.19. The zero-order chi connectivity index (χ0) is 14.5. The van der Waals surface area contributed by atoms with Gasteiger partial charge in [0.05, 0.1) is 6.54 Å². The normalized spacial score (nSPS) is 10.5. The van der Waals surface area contributed by atoms with Gasteiger partial charge in [-0.15, -0.1) is 0 Å². The Balaban J connectivity index is 2.09. The highest BCUT2D eigenvalue weighted by molar-refractivity contribution is 5.88. The van der Waals surface area contributed by atoms with Crippen LogP contribution in [0.2, 0.25) is 0 Å². The molecule has 4 nitrogen and oxygen atoms in total. The average molecular weight is 273 g/mol. The van der Waals surface area contributed by atoms with E-state index in [4.69, 9.17) is 9.52 Å². The van der Waals surface area contributed by atoms with E-state index in [9.17, 15) is 4.79 Å². The van der Waals surface area contributed by atoms with Crippen LogP contribution < -0.4 is 5.32 Å². The molecular formula is C16H19NO3. The molecule has 1 heterocycles. The number of nitrogens with one attached hydrogen (secondary N) is 1. The molecule has 1 aromatic carbocycles. The van der Waals surface area contributed by atoms with Crippen molar-refractivity contribution < 1.29 is 14.3 Å². The fourth-order valence-electron chi connectivity index (χ4n) is 2.21. The molecule has 1 aromatic heterocycles. The molecule has 2 N–H and O–H groups in total. The summed E-state index contributed by atoms with van der Waals surface area (Å²) < 4.78 is 5.45. The molecule has 2 rings (SSSR count). The fourth-order valence-corrected chi connectivity index (χ4v) is 2.21. The van der Waals surface area contributed by atoms with E-state index >= 15 is 0 Å². The van der Waals surface area contributed by atoms with Gasteiger partial charge in [0.1, 0.15) is 17.1 Å². The number of carboxylic acid groups (broad SMARTS) is 1. The van der Waals surface area contributed by atoms with E-state index in [0.717, 1.165) is 18.5 Å². The SMILES string of the molecule is CCCc1ccccc1NCc1cc(C(=O)O)c(C)o1. The first-order chi connectivity index (χ1) is 9.61. The first-order valence-electron chi connectivity index (χ1n) is 6.76. The van der Waals surface area contributed by atoms with Gasteiger partial charge >= 0.3 is 5.97 Å². The molecule has 2 aromatic rings. The molecule has 0 aliphatic carbocycles. The second kappa shape index (κ2) is 6.28.